The molecule has 0 saturated carbocycles. The number of carbonyl (C=O) groups is 2. The molecule has 6 heteroatoms. The number of hydrogen-bond donors (Lipinski definition) is 0. The molecular weight excluding hydrogens is 339 g/mol. The molecule has 1 rings (SSSR count). The second-order valence-corrected chi connectivity index (χ2v) is 4.44. The van der Waals surface area contributed by atoms with Gasteiger partial charge in [-0.3, -0.25) is 4.79 Å². The van der Waals surface area contributed by atoms with Gasteiger partial charge in [0.2, 0.25) is 0 Å². The van der Waals surface area contributed by atoms with Gasteiger partial charge in [-0.05, 0) is 31.0 Å². The summed E-state index contributed by atoms with van der Waals surface area (Å²) < 4.78 is 6.08. The van der Waals surface area contributed by atoms with Gasteiger partial charge in [0.1, 0.15) is 6.61 Å². The quantitative estimate of drug-likeness (QED) is 0.516. The second kappa shape index (κ2) is 13.3. The van der Waals surface area contributed by atoms with E-state index in [9.17, 15) is 4.79 Å². The summed E-state index contributed by atoms with van der Waals surface area (Å²) in [6.07, 6.45) is 1.33. The molecule has 0 radical (unpaired) electrons. The Morgan fingerprint density at radius 3 is 2.16 bits per heavy atom. The zero-order chi connectivity index (χ0) is 14.0. The molecule has 0 aliphatic heterocycles. The first-order valence-corrected chi connectivity index (χ1v) is 6.32. The van der Waals surface area contributed by atoms with Crippen LogP contribution in [0.5, 0.6) is 0 Å². The molecule has 100 valence electrons. The summed E-state index contributed by atoms with van der Waals surface area (Å²) in [6.45, 7) is 3.30. The van der Waals surface area contributed by atoms with Gasteiger partial charge < -0.3 is 14.6 Å². The van der Waals surface area contributed by atoms with Crippen LogP contribution in [0.1, 0.15) is 32.3 Å². The predicted molar refractivity (Wildman–Crippen MR) is 69.5 cm³/mol. The molecule has 0 N–H and O–H groups in total. The van der Waals surface area contributed by atoms with Crippen molar-refractivity contribution in [2.75, 3.05) is 0 Å². The molecular formula is C13H16BrKO4. The number of carboxylic acid groups (broad SMARTS) is 1. The number of ether oxygens (including phenoxy) is 1. The van der Waals surface area contributed by atoms with Crippen molar-refractivity contribution in [1.29, 1.82) is 0 Å². The molecule has 0 unspecified atom stereocenters. The third-order valence-electron chi connectivity index (χ3n) is 1.77. The maximum atomic E-state index is 11.1. The molecule has 0 atom stereocenters. The number of benzene rings is 1. The zero-order valence-electron chi connectivity index (χ0n) is 11.4. The number of aliphatic carboxylic acids is 1. The third-order valence-corrected chi connectivity index (χ3v) is 2.30. The summed E-state index contributed by atoms with van der Waals surface area (Å²) >= 11 is 3.34. The second-order valence-electron chi connectivity index (χ2n) is 3.53. The van der Waals surface area contributed by atoms with E-state index in [2.05, 4.69) is 15.9 Å². The van der Waals surface area contributed by atoms with Gasteiger partial charge in [0.15, 0.2) is 0 Å². The Labute approximate surface area is 164 Å². The third kappa shape index (κ3) is 14.5. The van der Waals surface area contributed by atoms with Gasteiger partial charge in [0, 0.05) is 16.9 Å². The van der Waals surface area contributed by atoms with Crippen LogP contribution in [0.3, 0.4) is 0 Å². The fraction of sp³-hybridized carbons (Fsp3) is 0.385. The van der Waals surface area contributed by atoms with Crippen LogP contribution in [-0.2, 0) is 20.9 Å². The van der Waals surface area contributed by atoms with Crippen LogP contribution in [0.25, 0.3) is 0 Å². The maximum absolute atomic E-state index is 11.1. The number of esters is 1. The van der Waals surface area contributed by atoms with Crippen molar-refractivity contribution >= 4 is 27.9 Å². The molecule has 4 nitrogen and oxygen atoms in total. The molecule has 0 bridgehead atoms. The van der Waals surface area contributed by atoms with Crippen LogP contribution < -0.4 is 56.5 Å². The van der Waals surface area contributed by atoms with E-state index < -0.39 is 5.97 Å². The molecule has 0 heterocycles. The van der Waals surface area contributed by atoms with E-state index in [0.717, 1.165) is 23.4 Å². The monoisotopic (exact) mass is 354 g/mol. The fourth-order valence-corrected chi connectivity index (χ4v) is 1.29. The standard InChI is InChI=1S/C11H13BrO2.C2H4O2.K/c1-2-3-11(13)14-8-9-4-6-10(12)7-5-9;1-2(3)4;/h4-7H,2-3,8H2,1H3;1H3,(H,3,4);/q;;+1/p-1. The maximum Gasteiger partial charge on any atom is 1.00 e. The Balaban J connectivity index is 0. The van der Waals surface area contributed by atoms with E-state index >= 15 is 0 Å². The summed E-state index contributed by atoms with van der Waals surface area (Å²) in [5, 5.41) is 8.89. The van der Waals surface area contributed by atoms with Gasteiger partial charge in [-0.1, -0.05) is 35.0 Å². The van der Waals surface area contributed by atoms with Crippen LogP contribution in [0, 0.1) is 0 Å². The predicted octanol–water partition coefficient (Wildman–Crippen LogP) is -0.947. The van der Waals surface area contributed by atoms with E-state index in [-0.39, 0.29) is 57.4 Å². The minimum absolute atomic E-state index is 0. The van der Waals surface area contributed by atoms with Gasteiger partial charge in [0.05, 0.1) is 0 Å². The van der Waals surface area contributed by atoms with Gasteiger partial charge in [-0.25, -0.2) is 0 Å². The van der Waals surface area contributed by atoms with Crippen molar-refractivity contribution in [2.24, 2.45) is 0 Å². The van der Waals surface area contributed by atoms with E-state index in [1.54, 1.807) is 0 Å². The molecule has 0 amide bonds. The van der Waals surface area contributed by atoms with Crippen LogP contribution in [-0.4, -0.2) is 11.9 Å². The summed E-state index contributed by atoms with van der Waals surface area (Å²) in [5.41, 5.74) is 1.01. The SMILES string of the molecule is CC(=O)[O-].CCCC(=O)OCc1ccc(Br)cc1.[K+]. The molecule has 0 aliphatic carbocycles. The van der Waals surface area contributed by atoms with Crippen LogP contribution >= 0.6 is 15.9 Å². The number of rotatable bonds is 4. The Kier molecular flexibility index (Phi) is 15.1. The van der Waals surface area contributed by atoms with Gasteiger partial charge >= 0.3 is 57.4 Å². The number of carboxylic acids is 1. The first-order valence-electron chi connectivity index (χ1n) is 5.53. The van der Waals surface area contributed by atoms with E-state index in [1.165, 1.54) is 0 Å². The summed E-state index contributed by atoms with van der Waals surface area (Å²) in [5.74, 6) is -1.21. The number of halogens is 1. The number of hydrogen-bond acceptors (Lipinski definition) is 4. The largest absolute Gasteiger partial charge is 1.00 e. The minimum atomic E-state index is -1.08. The molecule has 1 aromatic carbocycles. The van der Waals surface area contributed by atoms with E-state index in [4.69, 9.17) is 14.6 Å². The minimum Gasteiger partial charge on any atom is -0.550 e. The molecule has 0 spiro atoms. The average Bonchev–Trinajstić information content (AvgIpc) is 2.28. The van der Waals surface area contributed by atoms with E-state index in [1.807, 2.05) is 31.2 Å². The fourth-order valence-electron chi connectivity index (χ4n) is 1.02. The van der Waals surface area contributed by atoms with Gasteiger partial charge in [0.25, 0.3) is 0 Å². The van der Waals surface area contributed by atoms with Gasteiger partial charge in [-0.15, -0.1) is 0 Å². The Hall–Kier alpha value is 0.276. The van der Waals surface area contributed by atoms with Crippen molar-refractivity contribution in [3.05, 3.63) is 34.3 Å². The molecule has 0 aliphatic rings. The molecule has 19 heavy (non-hydrogen) atoms. The van der Waals surface area contributed by atoms with E-state index in [0.29, 0.717) is 13.0 Å². The van der Waals surface area contributed by atoms with Crippen molar-refractivity contribution in [1.82, 2.24) is 0 Å². The normalized spacial score (nSPS) is 8.58. The summed E-state index contributed by atoms with van der Waals surface area (Å²) in [7, 11) is 0. The van der Waals surface area contributed by atoms with Gasteiger partial charge in [-0.2, -0.15) is 0 Å². The topological polar surface area (TPSA) is 66.4 Å². The summed E-state index contributed by atoms with van der Waals surface area (Å²) in [6, 6.07) is 7.73. The summed E-state index contributed by atoms with van der Waals surface area (Å²) in [4.78, 5) is 19.9. The van der Waals surface area contributed by atoms with Crippen molar-refractivity contribution in [3.8, 4) is 0 Å². The van der Waals surface area contributed by atoms with Crippen molar-refractivity contribution in [3.63, 3.8) is 0 Å². The van der Waals surface area contributed by atoms with Crippen molar-refractivity contribution < 1.29 is 70.8 Å². The first kappa shape index (κ1) is 21.6. The Bertz CT molecular complexity index is 375. The first-order chi connectivity index (χ1) is 8.45. The number of carbonyl (C=O) groups excluding carboxylic acids is 2. The van der Waals surface area contributed by atoms with Crippen molar-refractivity contribution in [2.45, 2.75) is 33.3 Å². The Morgan fingerprint density at radius 1 is 1.26 bits per heavy atom. The molecule has 0 aromatic heterocycles. The molecule has 0 fully saturated rings. The van der Waals surface area contributed by atoms with Crippen LogP contribution in [0.15, 0.2) is 28.7 Å². The van der Waals surface area contributed by atoms with Crippen LogP contribution in [0.2, 0.25) is 0 Å². The zero-order valence-corrected chi connectivity index (χ0v) is 16.2. The molecule has 1 aromatic rings. The smallest absolute Gasteiger partial charge is 0.550 e. The average molecular weight is 355 g/mol. The molecule has 0 saturated heterocycles. The Morgan fingerprint density at radius 2 is 1.74 bits per heavy atom. The van der Waals surface area contributed by atoms with Crippen LogP contribution in [0.4, 0.5) is 0 Å².